The van der Waals surface area contributed by atoms with Crippen molar-refractivity contribution in [1.29, 1.82) is 0 Å². The molecule has 0 saturated heterocycles. The van der Waals surface area contributed by atoms with E-state index in [0.29, 0.717) is 19.3 Å². The fraction of sp³-hybridized carbons (Fsp3) is 0.871. The van der Waals surface area contributed by atoms with Crippen LogP contribution in [0.4, 0.5) is 0 Å². The van der Waals surface area contributed by atoms with E-state index in [1.165, 1.54) is 270 Å². The van der Waals surface area contributed by atoms with Gasteiger partial charge in [0.25, 0.3) is 0 Å². The summed E-state index contributed by atoms with van der Waals surface area (Å²) in [5, 5.41) is 0. The maximum absolute atomic E-state index is 12.9. The Morgan fingerprint density at radius 3 is 0.763 bits per heavy atom. The summed E-state index contributed by atoms with van der Waals surface area (Å²) >= 11 is 0. The highest BCUT2D eigenvalue weighted by Crippen LogP contribution is 2.18. The van der Waals surface area contributed by atoms with Crippen LogP contribution in [0.1, 0.15) is 374 Å². The maximum Gasteiger partial charge on any atom is 0.306 e. The van der Waals surface area contributed by atoms with E-state index in [1.54, 1.807) is 0 Å². The molecule has 0 aromatic rings. The Hall–Kier alpha value is -2.37. The number of hydrogen-bond donors (Lipinski definition) is 0. The van der Waals surface area contributed by atoms with Crippen LogP contribution < -0.4 is 0 Å². The van der Waals surface area contributed by atoms with Gasteiger partial charge in [0.15, 0.2) is 6.10 Å². The zero-order chi connectivity index (χ0) is 55.0. The van der Waals surface area contributed by atoms with Crippen LogP contribution in [-0.4, -0.2) is 37.2 Å². The molecule has 1 unspecified atom stereocenters. The van der Waals surface area contributed by atoms with Gasteiger partial charge in [-0.15, -0.1) is 0 Å². The van der Waals surface area contributed by atoms with E-state index in [-0.39, 0.29) is 31.1 Å². The van der Waals surface area contributed by atoms with E-state index in [4.69, 9.17) is 14.2 Å². The first kappa shape index (κ1) is 73.6. The minimum Gasteiger partial charge on any atom is -0.462 e. The highest BCUT2D eigenvalue weighted by atomic mass is 16.6. The lowest BCUT2D eigenvalue weighted by molar-refractivity contribution is -0.167. The van der Waals surface area contributed by atoms with E-state index >= 15 is 0 Å². The van der Waals surface area contributed by atoms with Crippen LogP contribution in [-0.2, 0) is 28.6 Å². The van der Waals surface area contributed by atoms with Crippen molar-refractivity contribution in [2.24, 2.45) is 0 Å². The van der Waals surface area contributed by atoms with Crippen molar-refractivity contribution >= 4 is 17.9 Å². The molecule has 0 radical (unpaired) electrons. The average molecular weight is 1070 g/mol. The first-order valence-corrected chi connectivity index (χ1v) is 34.0. The minimum absolute atomic E-state index is 0.0705. The molecule has 6 heteroatoms. The molecule has 0 aliphatic heterocycles. The highest BCUT2D eigenvalue weighted by molar-refractivity contribution is 5.71. The molecule has 0 aliphatic carbocycles. The number of carbonyl (C=O) groups is 3. The van der Waals surface area contributed by atoms with Crippen LogP contribution in [0.25, 0.3) is 0 Å². The third-order valence-electron chi connectivity index (χ3n) is 15.4. The van der Waals surface area contributed by atoms with Crippen molar-refractivity contribution in [2.75, 3.05) is 13.2 Å². The molecule has 6 nitrogen and oxygen atoms in total. The lowest BCUT2D eigenvalue weighted by Gasteiger charge is -2.18. The SMILES string of the molecule is CCCCC/C=C\C/C=C\CCCCCCCCCCCC(=O)OC(COC(=O)CCCCCCCCC/C=C\CCCCCCCCC)COC(=O)CCCCCCCCCCCCCCCCCCCCCCC. The van der Waals surface area contributed by atoms with Gasteiger partial charge < -0.3 is 14.2 Å². The van der Waals surface area contributed by atoms with Crippen molar-refractivity contribution < 1.29 is 28.6 Å². The number of carbonyl (C=O) groups excluding carboxylic acids is 3. The van der Waals surface area contributed by atoms with Gasteiger partial charge >= 0.3 is 17.9 Å². The summed E-state index contributed by atoms with van der Waals surface area (Å²) in [6.07, 6.45) is 80.1. The average Bonchev–Trinajstić information content (AvgIpc) is 3.42. The maximum atomic E-state index is 12.9. The predicted octanol–water partition coefficient (Wildman–Crippen LogP) is 23.2. The second-order valence-electron chi connectivity index (χ2n) is 23.1. The van der Waals surface area contributed by atoms with Crippen molar-refractivity contribution in [1.82, 2.24) is 0 Å². The van der Waals surface area contributed by atoms with Gasteiger partial charge in [-0.2, -0.15) is 0 Å². The molecule has 446 valence electrons. The van der Waals surface area contributed by atoms with Gasteiger partial charge in [0, 0.05) is 19.3 Å². The van der Waals surface area contributed by atoms with Crippen LogP contribution in [0.3, 0.4) is 0 Å². The van der Waals surface area contributed by atoms with Crippen LogP contribution >= 0.6 is 0 Å². The van der Waals surface area contributed by atoms with Crippen molar-refractivity contribution in [3.63, 3.8) is 0 Å². The van der Waals surface area contributed by atoms with Gasteiger partial charge in [-0.1, -0.05) is 314 Å². The molecule has 1 atom stereocenters. The summed E-state index contributed by atoms with van der Waals surface area (Å²) < 4.78 is 17.0. The standard InChI is InChI=1S/C70H130O6/c1-4-7-10-13-16-19-22-25-28-31-34-35-37-39-42-45-48-51-54-57-60-63-69(72)75-66-67(65-74-68(71)62-59-56-53-50-47-44-41-38-33-30-27-24-21-18-15-12-9-6-3)76-70(73)64-61-58-55-52-49-46-43-40-36-32-29-26-23-20-17-14-11-8-5-2/h17,20,26,29-30,33,67H,4-16,18-19,21-25,27-28,31-32,34-66H2,1-3H3/b20-17-,29-26-,33-30-. The predicted molar refractivity (Wildman–Crippen MR) is 330 cm³/mol. The van der Waals surface area contributed by atoms with E-state index < -0.39 is 6.10 Å². The van der Waals surface area contributed by atoms with Crippen LogP contribution in [0.2, 0.25) is 0 Å². The Kier molecular flexibility index (Phi) is 63.1. The first-order valence-electron chi connectivity index (χ1n) is 34.0. The Labute approximate surface area is 474 Å². The summed E-state index contributed by atoms with van der Waals surface area (Å²) in [5.41, 5.74) is 0. The quantitative estimate of drug-likeness (QED) is 0.0261. The summed E-state index contributed by atoms with van der Waals surface area (Å²) in [4.78, 5) is 38.4. The van der Waals surface area contributed by atoms with Gasteiger partial charge in [0.1, 0.15) is 13.2 Å². The van der Waals surface area contributed by atoms with E-state index in [9.17, 15) is 14.4 Å². The summed E-state index contributed by atoms with van der Waals surface area (Å²) in [5.74, 6) is -0.852. The van der Waals surface area contributed by atoms with Crippen LogP contribution in [0.5, 0.6) is 0 Å². The van der Waals surface area contributed by atoms with Crippen molar-refractivity contribution in [3.05, 3.63) is 36.5 Å². The third kappa shape index (κ3) is 62.5. The van der Waals surface area contributed by atoms with E-state index in [2.05, 4.69) is 57.2 Å². The first-order chi connectivity index (χ1) is 37.5. The normalized spacial score (nSPS) is 12.2. The Morgan fingerprint density at radius 1 is 0.263 bits per heavy atom. The Bertz CT molecular complexity index is 1270. The van der Waals surface area contributed by atoms with Gasteiger partial charge in [-0.3, -0.25) is 14.4 Å². The molecule has 0 aromatic carbocycles. The lowest BCUT2D eigenvalue weighted by atomic mass is 10.0. The molecule has 0 aliphatic rings. The van der Waals surface area contributed by atoms with E-state index in [0.717, 1.165) is 64.2 Å². The van der Waals surface area contributed by atoms with E-state index in [1.807, 2.05) is 0 Å². The zero-order valence-corrected chi connectivity index (χ0v) is 51.3. The Morgan fingerprint density at radius 2 is 0.474 bits per heavy atom. The molecule has 0 amide bonds. The number of ether oxygens (including phenoxy) is 3. The summed E-state index contributed by atoms with van der Waals surface area (Å²) in [6.45, 7) is 6.68. The number of rotatable bonds is 63. The number of allylic oxidation sites excluding steroid dienone is 6. The molecule has 0 bridgehead atoms. The minimum atomic E-state index is -0.775. The number of unbranched alkanes of at least 4 members (excludes halogenated alkanes) is 46. The second-order valence-corrected chi connectivity index (χ2v) is 23.1. The number of esters is 3. The highest BCUT2D eigenvalue weighted by Gasteiger charge is 2.19. The van der Waals surface area contributed by atoms with Crippen molar-refractivity contribution in [2.45, 2.75) is 380 Å². The second kappa shape index (κ2) is 65.2. The third-order valence-corrected chi connectivity index (χ3v) is 15.4. The molecule has 0 N–H and O–H groups in total. The van der Waals surface area contributed by atoms with Crippen LogP contribution in [0, 0.1) is 0 Å². The topological polar surface area (TPSA) is 78.9 Å². The molecular weight excluding hydrogens is 937 g/mol. The van der Waals surface area contributed by atoms with Gasteiger partial charge in [0.05, 0.1) is 0 Å². The molecule has 0 rings (SSSR count). The zero-order valence-electron chi connectivity index (χ0n) is 51.3. The monoisotopic (exact) mass is 1070 g/mol. The molecule has 0 aromatic heterocycles. The Balaban J connectivity index is 4.32. The molecule has 0 fully saturated rings. The largest absolute Gasteiger partial charge is 0.462 e. The molecule has 0 saturated carbocycles. The van der Waals surface area contributed by atoms with Gasteiger partial charge in [-0.25, -0.2) is 0 Å². The molecule has 0 heterocycles. The van der Waals surface area contributed by atoms with Crippen LogP contribution in [0.15, 0.2) is 36.5 Å². The van der Waals surface area contributed by atoms with Gasteiger partial charge in [0.2, 0.25) is 0 Å². The number of hydrogen-bond acceptors (Lipinski definition) is 6. The lowest BCUT2D eigenvalue weighted by Crippen LogP contribution is -2.30. The molecular formula is C70H130O6. The summed E-state index contributed by atoms with van der Waals surface area (Å²) in [6, 6.07) is 0. The fourth-order valence-corrected chi connectivity index (χ4v) is 10.2. The summed E-state index contributed by atoms with van der Waals surface area (Å²) in [7, 11) is 0. The molecule has 76 heavy (non-hydrogen) atoms. The fourth-order valence-electron chi connectivity index (χ4n) is 10.2. The van der Waals surface area contributed by atoms with Gasteiger partial charge in [-0.05, 0) is 77.0 Å². The smallest absolute Gasteiger partial charge is 0.306 e. The van der Waals surface area contributed by atoms with Crippen molar-refractivity contribution in [3.8, 4) is 0 Å². The molecule has 0 spiro atoms.